The van der Waals surface area contributed by atoms with E-state index in [-0.39, 0.29) is 6.04 Å². The molecule has 20 heavy (non-hydrogen) atoms. The summed E-state index contributed by atoms with van der Waals surface area (Å²) in [6.45, 7) is 2.08. The summed E-state index contributed by atoms with van der Waals surface area (Å²) in [7, 11) is 0. The van der Waals surface area contributed by atoms with Crippen LogP contribution in [0.15, 0.2) is 46.9 Å². The van der Waals surface area contributed by atoms with Crippen molar-refractivity contribution in [2.24, 2.45) is 5.73 Å². The van der Waals surface area contributed by atoms with Crippen LogP contribution in [0.1, 0.15) is 29.2 Å². The predicted molar refractivity (Wildman–Crippen MR) is 81.6 cm³/mol. The maximum atomic E-state index is 6.16. The van der Waals surface area contributed by atoms with Crippen LogP contribution in [0.25, 0.3) is 22.3 Å². The average molecular weight is 263 g/mol. The van der Waals surface area contributed by atoms with Crippen LogP contribution in [0.3, 0.4) is 0 Å². The third-order valence-electron chi connectivity index (χ3n) is 4.32. The van der Waals surface area contributed by atoms with Crippen molar-refractivity contribution in [1.29, 1.82) is 0 Å². The van der Waals surface area contributed by atoms with E-state index in [4.69, 9.17) is 10.2 Å². The number of fused-ring (bicyclic) bond motifs is 2. The van der Waals surface area contributed by atoms with Gasteiger partial charge in [0.25, 0.3) is 0 Å². The minimum atomic E-state index is 0.177. The van der Waals surface area contributed by atoms with Crippen LogP contribution in [-0.2, 0) is 6.42 Å². The number of benzene rings is 2. The van der Waals surface area contributed by atoms with Gasteiger partial charge in [-0.05, 0) is 42.5 Å². The lowest BCUT2D eigenvalue weighted by Crippen LogP contribution is -2.04. The molecule has 0 saturated heterocycles. The second-order valence-electron chi connectivity index (χ2n) is 5.62. The Morgan fingerprint density at radius 2 is 2.00 bits per heavy atom. The second kappa shape index (κ2) is 4.22. The van der Waals surface area contributed by atoms with Gasteiger partial charge in [0.15, 0.2) is 0 Å². The zero-order valence-corrected chi connectivity index (χ0v) is 11.5. The van der Waals surface area contributed by atoms with Crippen LogP contribution < -0.4 is 5.73 Å². The number of hydrogen-bond donors (Lipinski definition) is 1. The van der Waals surface area contributed by atoms with Crippen LogP contribution in [0.4, 0.5) is 0 Å². The van der Waals surface area contributed by atoms with Gasteiger partial charge in [0.2, 0.25) is 0 Å². The Hall–Kier alpha value is -2.06. The van der Waals surface area contributed by atoms with Gasteiger partial charge < -0.3 is 10.2 Å². The topological polar surface area (TPSA) is 39.2 Å². The van der Waals surface area contributed by atoms with E-state index in [9.17, 15) is 0 Å². The molecule has 3 aromatic rings. The first kappa shape index (κ1) is 11.7. The van der Waals surface area contributed by atoms with Crippen molar-refractivity contribution in [3.63, 3.8) is 0 Å². The van der Waals surface area contributed by atoms with E-state index < -0.39 is 0 Å². The molecule has 0 aliphatic heterocycles. The highest BCUT2D eigenvalue weighted by Crippen LogP contribution is 2.38. The minimum absolute atomic E-state index is 0.177. The SMILES string of the molecule is Cc1cccc2cc(-c3cccc4c3CCC4N)oc12. The van der Waals surface area contributed by atoms with Crippen LogP contribution in [0.2, 0.25) is 0 Å². The molecule has 100 valence electrons. The van der Waals surface area contributed by atoms with Crippen molar-refractivity contribution in [3.05, 3.63) is 59.2 Å². The fourth-order valence-electron chi connectivity index (χ4n) is 3.26. The van der Waals surface area contributed by atoms with E-state index in [1.807, 2.05) is 0 Å². The normalized spacial score (nSPS) is 17.6. The molecule has 1 unspecified atom stereocenters. The molecule has 0 amide bonds. The van der Waals surface area contributed by atoms with Gasteiger partial charge in [-0.15, -0.1) is 0 Å². The molecule has 2 aromatic carbocycles. The quantitative estimate of drug-likeness (QED) is 0.708. The molecule has 2 heteroatoms. The largest absolute Gasteiger partial charge is 0.456 e. The Labute approximate surface area is 118 Å². The lowest BCUT2D eigenvalue weighted by Gasteiger charge is -2.07. The minimum Gasteiger partial charge on any atom is -0.456 e. The van der Waals surface area contributed by atoms with Crippen LogP contribution in [0.5, 0.6) is 0 Å². The first-order chi connectivity index (χ1) is 9.74. The van der Waals surface area contributed by atoms with Crippen LogP contribution >= 0.6 is 0 Å². The fourth-order valence-corrected chi connectivity index (χ4v) is 3.26. The number of nitrogens with two attached hydrogens (primary N) is 1. The number of para-hydroxylation sites is 1. The van der Waals surface area contributed by atoms with Crippen molar-refractivity contribution in [2.45, 2.75) is 25.8 Å². The molecule has 2 nitrogen and oxygen atoms in total. The zero-order chi connectivity index (χ0) is 13.7. The van der Waals surface area contributed by atoms with Crippen molar-refractivity contribution < 1.29 is 4.42 Å². The third kappa shape index (κ3) is 1.61. The Kier molecular flexibility index (Phi) is 2.48. The van der Waals surface area contributed by atoms with Crippen LogP contribution in [-0.4, -0.2) is 0 Å². The molecule has 1 aliphatic rings. The number of hydrogen-bond acceptors (Lipinski definition) is 2. The summed E-state index contributed by atoms with van der Waals surface area (Å²) in [5, 5.41) is 1.17. The van der Waals surface area contributed by atoms with Gasteiger partial charge >= 0.3 is 0 Å². The molecule has 0 spiro atoms. The van der Waals surface area contributed by atoms with Gasteiger partial charge in [-0.3, -0.25) is 0 Å². The van der Waals surface area contributed by atoms with Crippen molar-refractivity contribution in [2.75, 3.05) is 0 Å². The summed E-state index contributed by atoms with van der Waals surface area (Å²) in [6, 6.07) is 14.9. The van der Waals surface area contributed by atoms with E-state index in [0.29, 0.717) is 0 Å². The number of aryl methyl sites for hydroxylation is 1. The number of rotatable bonds is 1. The molecule has 1 heterocycles. The Morgan fingerprint density at radius 1 is 1.15 bits per heavy atom. The highest BCUT2D eigenvalue weighted by atomic mass is 16.3. The summed E-state index contributed by atoms with van der Waals surface area (Å²) in [4.78, 5) is 0. The first-order valence-corrected chi connectivity index (χ1v) is 7.11. The molecule has 1 aliphatic carbocycles. The van der Waals surface area contributed by atoms with Gasteiger partial charge in [-0.2, -0.15) is 0 Å². The predicted octanol–water partition coefficient (Wildman–Crippen LogP) is 4.35. The molecule has 0 saturated carbocycles. The smallest absolute Gasteiger partial charge is 0.137 e. The fraction of sp³-hybridized carbons (Fsp3) is 0.222. The molecular weight excluding hydrogens is 246 g/mol. The van der Waals surface area contributed by atoms with E-state index >= 15 is 0 Å². The Balaban J connectivity index is 1.94. The zero-order valence-electron chi connectivity index (χ0n) is 11.5. The van der Waals surface area contributed by atoms with E-state index in [1.54, 1.807) is 0 Å². The van der Waals surface area contributed by atoms with E-state index in [0.717, 1.165) is 24.2 Å². The summed E-state index contributed by atoms with van der Waals surface area (Å²) in [5.74, 6) is 0.959. The molecular formula is C18H17NO. The van der Waals surface area contributed by atoms with Gasteiger partial charge in [0.05, 0.1) is 0 Å². The van der Waals surface area contributed by atoms with Gasteiger partial charge in [0, 0.05) is 17.0 Å². The highest BCUT2D eigenvalue weighted by molar-refractivity contribution is 5.86. The maximum absolute atomic E-state index is 6.16. The van der Waals surface area contributed by atoms with Gasteiger partial charge in [0.1, 0.15) is 11.3 Å². The van der Waals surface area contributed by atoms with Gasteiger partial charge in [-0.25, -0.2) is 0 Å². The first-order valence-electron chi connectivity index (χ1n) is 7.11. The monoisotopic (exact) mass is 263 g/mol. The maximum Gasteiger partial charge on any atom is 0.137 e. The molecule has 1 atom stereocenters. The van der Waals surface area contributed by atoms with E-state index in [1.165, 1.54) is 27.6 Å². The van der Waals surface area contributed by atoms with E-state index in [2.05, 4.69) is 49.4 Å². The van der Waals surface area contributed by atoms with Crippen molar-refractivity contribution >= 4 is 11.0 Å². The second-order valence-corrected chi connectivity index (χ2v) is 5.62. The summed E-state index contributed by atoms with van der Waals surface area (Å²) in [5.41, 5.74) is 12.2. The summed E-state index contributed by atoms with van der Waals surface area (Å²) in [6.07, 6.45) is 2.08. The molecule has 4 rings (SSSR count). The van der Waals surface area contributed by atoms with Crippen LogP contribution in [0, 0.1) is 6.92 Å². The highest BCUT2D eigenvalue weighted by Gasteiger charge is 2.23. The molecule has 1 aromatic heterocycles. The van der Waals surface area contributed by atoms with Gasteiger partial charge in [-0.1, -0.05) is 36.4 Å². The average Bonchev–Trinajstić information content (AvgIpc) is 3.04. The standard InChI is InChI=1S/C18H17NO/c1-11-4-2-5-12-10-17(20-18(11)12)15-7-3-6-14-13(15)8-9-16(14)19/h2-7,10,16H,8-9,19H2,1H3. The Morgan fingerprint density at radius 3 is 2.85 bits per heavy atom. The Bertz CT molecular complexity index is 800. The lowest BCUT2D eigenvalue weighted by molar-refractivity contribution is 0.628. The number of furan rings is 1. The molecule has 2 N–H and O–H groups in total. The third-order valence-corrected chi connectivity index (χ3v) is 4.32. The lowest BCUT2D eigenvalue weighted by atomic mass is 10.0. The van der Waals surface area contributed by atoms with Crippen molar-refractivity contribution in [1.82, 2.24) is 0 Å². The molecule has 0 radical (unpaired) electrons. The van der Waals surface area contributed by atoms with Crippen molar-refractivity contribution in [3.8, 4) is 11.3 Å². The summed E-state index contributed by atoms with van der Waals surface area (Å²) < 4.78 is 6.10. The molecule has 0 fully saturated rings. The summed E-state index contributed by atoms with van der Waals surface area (Å²) >= 11 is 0. The molecule has 0 bridgehead atoms.